The number of furan rings is 1. The monoisotopic (exact) mass is 273 g/mol. The normalized spacial score (nSPS) is 9.75. The van der Waals surface area contributed by atoms with E-state index in [2.05, 4.69) is 17.2 Å². The molecule has 0 unspecified atom stereocenters. The second kappa shape index (κ2) is 6.04. The third kappa shape index (κ3) is 3.05. The van der Waals surface area contributed by atoms with E-state index in [9.17, 15) is 9.18 Å². The fourth-order valence-corrected chi connectivity index (χ4v) is 1.67. The highest BCUT2D eigenvalue weighted by Crippen LogP contribution is 2.18. The number of aliphatic hydroxyl groups is 1. The molecule has 0 spiro atoms. The number of carbonyl (C=O) groups excluding carboxylic acids is 1. The van der Waals surface area contributed by atoms with Crippen molar-refractivity contribution >= 4 is 11.6 Å². The van der Waals surface area contributed by atoms with Gasteiger partial charge in [-0.25, -0.2) is 4.39 Å². The highest BCUT2D eigenvalue weighted by molar-refractivity contribution is 6.05. The molecule has 0 aliphatic rings. The van der Waals surface area contributed by atoms with Gasteiger partial charge >= 0.3 is 0 Å². The lowest BCUT2D eigenvalue weighted by Gasteiger charge is -2.07. The van der Waals surface area contributed by atoms with E-state index in [4.69, 9.17) is 9.52 Å². The van der Waals surface area contributed by atoms with Crippen LogP contribution in [0.5, 0.6) is 0 Å². The average molecular weight is 273 g/mol. The number of aryl methyl sites for hydroxylation is 1. The first-order valence-corrected chi connectivity index (χ1v) is 5.86. The van der Waals surface area contributed by atoms with Gasteiger partial charge in [0.1, 0.15) is 18.2 Å². The third-order valence-corrected chi connectivity index (χ3v) is 2.64. The van der Waals surface area contributed by atoms with Gasteiger partial charge in [0.25, 0.3) is 5.91 Å². The van der Waals surface area contributed by atoms with E-state index in [-0.39, 0.29) is 12.5 Å². The molecule has 0 aliphatic carbocycles. The zero-order chi connectivity index (χ0) is 14.5. The second-order valence-electron chi connectivity index (χ2n) is 3.99. The minimum Gasteiger partial charge on any atom is -0.469 e. The number of nitrogens with one attached hydrogen (secondary N) is 1. The highest BCUT2D eigenvalue weighted by Gasteiger charge is 2.13. The van der Waals surface area contributed by atoms with Crippen LogP contribution in [0.1, 0.15) is 21.7 Å². The van der Waals surface area contributed by atoms with Crippen LogP contribution in [0.4, 0.5) is 10.1 Å². The molecule has 0 atom stereocenters. The lowest BCUT2D eigenvalue weighted by atomic mass is 10.1. The molecule has 2 rings (SSSR count). The van der Waals surface area contributed by atoms with Crippen LogP contribution in [0.3, 0.4) is 0 Å². The van der Waals surface area contributed by atoms with E-state index in [0.29, 0.717) is 22.6 Å². The van der Waals surface area contributed by atoms with Gasteiger partial charge in [0.05, 0.1) is 23.1 Å². The standard InChI is InChI=1S/C15H12FNO3/c1-10-13(6-8-20-10)15(19)17-14-5-4-12(16)9-11(14)3-2-7-18/h4-6,8-9,18H,7H2,1H3,(H,17,19). The lowest BCUT2D eigenvalue weighted by molar-refractivity contribution is 0.102. The van der Waals surface area contributed by atoms with Gasteiger partial charge in [0.2, 0.25) is 0 Å². The van der Waals surface area contributed by atoms with Crippen molar-refractivity contribution in [3.05, 3.63) is 53.2 Å². The number of hydrogen-bond donors (Lipinski definition) is 2. The SMILES string of the molecule is Cc1occc1C(=O)Nc1ccc(F)cc1C#CCO. The number of aliphatic hydroxyl groups excluding tert-OH is 1. The zero-order valence-corrected chi connectivity index (χ0v) is 10.7. The quantitative estimate of drug-likeness (QED) is 0.825. The average Bonchev–Trinajstić information content (AvgIpc) is 2.85. The second-order valence-corrected chi connectivity index (χ2v) is 3.99. The molecule has 0 saturated heterocycles. The molecule has 0 saturated carbocycles. The van der Waals surface area contributed by atoms with Crippen LogP contribution in [0.25, 0.3) is 0 Å². The summed E-state index contributed by atoms with van der Waals surface area (Å²) in [5.74, 6) is 4.67. The van der Waals surface area contributed by atoms with E-state index in [0.717, 1.165) is 0 Å². The smallest absolute Gasteiger partial charge is 0.259 e. The molecule has 0 fully saturated rings. The van der Waals surface area contributed by atoms with Crippen LogP contribution < -0.4 is 5.32 Å². The Morgan fingerprint density at radius 1 is 1.45 bits per heavy atom. The van der Waals surface area contributed by atoms with Crippen LogP contribution in [0.15, 0.2) is 34.9 Å². The third-order valence-electron chi connectivity index (χ3n) is 2.64. The Kier molecular flexibility index (Phi) is 4.18. The summed E-state index contributed by atoms with van der Waals surface area (Å²) in [5, 5.41) is 11.3. The Balaban J connectivity index is 2.29. The molecule has 1 heterocycles. The summed E-state index contributed by atoms with van der Waals surface area (Å²) in [6.07, 6.45) is 1.42. The Morgan fingerprint density at radius 3 is 2.90 bits per heavy atom. The summed E-state index contributed by atoms with van der Waals surface area (Å²) >= 11 is 0. The van der Waals surface area contributed by atoms with Crippen molar-refractivity contribution in [1.82, 2.24) is 0 Å². The Morgan fingerprint density at radius 2 is 2.25 bits per heavy atom. The van der Waals surface area contributed by atoms with Crippen LogP contribution in [-0.2, 0) is 0 Å². The molecule has 1 aromatic carbocycles. The van der Waals surface area contributed by atoms with Crippen molar-refractivity contribution < 1.29 is 18.7 Å². The van der Waals surface area contributed by atoms with E-state index >= 15 is 0 Å². The molecule has 0 radical (unpaired) electrons. The lowest BCUT2D eigenvalue weighted by Crippen LogP contribution is -2.13. The van der Waals surface area contributed by atoms with Crippen LogP contribution in [0, 0.1) is 24.6 Å². The van der Waals surface area contributed by atoms with E-state index in [1.807, 2.05) is 0 Å². The van der Waals surface area contributed by atoms with Crippen molar-refractivity contribution in [2.75, 3.05) is 11.9 Å². The molecule has 2 aromatic rings. The molecule has 20 heavy (non-hydrogen) atoms. The maximum Gasteiger partial charge on any atom is 0.259 e. The molecule has 2 N–H and O–H groups in total. The van der Waals surface area contributed by atoms with E-state index in [1.165, 1.54) is 24.5 Å². The summed E-state index contributed by atoms with van der Waals surface area (Å²) in [5.41, 5.74) is 1.07. The summed E-state index contributed by atoms with van der Waals surface area (Å²) < 4.78 is 18.2. The number of rotatable bonds is 2. The topological polar surface area (TPSA) is 62.5 Å². The van der Waals surface area contributed by atoms with Crippen molar-refractivity contribution in [2.45, 2.75) is 6.92 Å². The molecule has 0 bridgehead atoms. The summed E-state index contributed by atoms with van der Waals surface area (Å²) in [7, 11) is 0. The molecule has 102 valence electrons. The molecule has 5 heteroatoms. The van der Waals surface area contributed by atoms with Gasteiger partial charge in [0.15, 0.2) is 0 Å². The Bertz CT molecular complexity index is 695. The maximum atomic E-state index is 13.2. The number of carbonyl (C=O) groups is 1. The van der Waals surface area contributed by atoms with Gasteiger partial charge < -0.3 is 14.8 Å². The van der Waals surface area contributed by atoms with Crippen molar-refractivity contribution in [3.63, 3.8) is 0 Å². The zero-order valence-electron chi connectivity index (χ0n) is 10.7. The fraction of sp³-hybridized carbons (Fsp3) is 0.133. The van der Waals surface area contributed by atoms with Crippen molar-refractivity contribution in [3.8, 4) is 11.8 Å². The first kappa shape index (κ1) is 13.8. The van der Waals surface area contributed by atoms with Gasteiger partial charge in [-0.3, -0.25) is 4.79 Å². The summed E-state index contributed by atoms with van der Waals surface area (Å²) in [4.78, 5) is 12.0. The van der Waals surface area contributed by atoms with Gasteiger partial charge in [-0.05, 0) is 31.2 Å². The number of halogens is 1. The van der Waals surface area contributed by atoms with Crippen LogP contribution in [0.2, 0.25) is 0 Å². The number of amides is 1. The predicted molar refractivity (Wildman–Crippen MR) is 71.8 cm³/mol. The van der Waals surface area contributed by atoms with Crippen molar-refractivity contribution in [1.29, 1.82) is 0 Å². The molecule has 1 amide bonds. The van der Waals surface area contributed by atoms with Crippen molar-refractivity contribution in [2.24, 2.45) is 0 Å². The van der Waals surface area contributed by atoms with E-state index in [1.54, 1.807) is 13.0 Å². The summed E-state index contributed by atoms with van der Waals surface area (Å²) in [6, 6.07) is 5.39. The van der Waals surface area contributed by atoms with Gasteiger partial charge in [-0.15, -0.1) is 0 Å². The van der Waals surface area contributed by atoms with Crippen LogP contribution in [-0.4, -0.2) is 17.6 Å². The molecule has 0 aliphatic heterocycles. The van der Waals surface area contributed by atoms with Gasteiger partial charge in [-0.1, -0.05) is 11.8 Å². The number of hydrogen-bond acceptors (Lipinski definition) is 3. The van der Waals surface area contributed by atoms with Gasteiger partial charge in [0, 0.05) is 0 Å². The number of anilines is 1. The fourth-order valence-electron chi connectivity index (χ4n) is 1.67. The Labute approximate surface area is 115 Å². The molecule has 1 aromatic heterocycles. The van der Waals surface area contributed by atoms with E-state index < -0.39 is 5.82 Å². The first-order valence-electron chi connectivity index (χ1n) is 5.86. The molecular formula is C15H12FNO3. The largest absolute Gasteiger partial charge is 0.469 e. The van der Waals surface area contributed by atoms with Gasteiger partial charge in [-0.2, -0.15) is 0 Å². The minimum absolute atomic E-state index is 0.300. The molecular weight excluding hydrogens is 261 g/mol. The predicted octanol–water partition coefficient (Wildman–Crippen LogP) is 2.32. The van der Waals surface area contributed by atoms with Crippen LogP contribution >= 0.6 is 0 Å². The number of benzene rings is 1. The first-order chi connectivity index (χ1) is 9.61. The minimum atomic E-state index is -0.468. The molecule has 4 nitrogen and oxygen atoms in total. The maximum absolute atomic E-state index is 13.2. The summed E-state index contributed by atoms with van der Waals surface area (Å²) in [6.45, 7) is 1.33. The highest BCUT2D eigenvalue weighted by atomic mass is 19.1. The Hall–Kier alpha value is -2.58.